The van der Waals surface area contributed by atoms with Gasteiger partial charge in [0.25, 0.3) is 5.91 Å². The number of fused-ring (bicyclic) bond motifs is 1. The first kappa shape index (κ1) is 20.9. The average Bonchev–Trinajstić information content (AvgIpc) is 3.37. The molecule has 9 heteroatoms. The number of aromatic nitrogens is 2. The highest BCUT2D eigenvalue weighted by Crippen LogP contribution is 2.48. The number of hydrogen-bond donors (Lipinski definition) is 4. The molecule has 1 amide bonds. The zero-order valence-corrected chi connectivity index (χ0v) is 18.2. The van der Waals surface area contributed by atoms with E-state index in [2.05, 4.69) is 32.5 Å². The lowest BCUT2D eigenvalue weighted by Crippen LogP contribution is -2.59. The number of rotatable bonds is 5. The molecule has 168 valence electrons. The standard InChI is InChI=1S/C23H28N6O3/c1-12-7-15(12)20-8-14-3-4-16(27-23(14)32-20)22(31)26-17-9-25-6-5-19(17)29-10-13(2)21(30)18(11-29)28-24/h3-6,8-9,12-13,15,18,21,28,30H,7,10-11,24H2,1-2H3,(H,26,31)/t12?,13-,15?,18+,21+/m0/s1. The number of furan rings is 1. The van der Waals surface area contributed by atoms with E-state index in [1.807, 2.05) is 25.1 Å². The predicted molar refractivity (Wildman–Crippen MR) is 121 cm³/mol. The largest absolute Gasteiger partial charge is 0.442 e. The Morgan fingerprint density at radius 2 is 2.06 bits per heavy atom. The van der Waals surface area contributed by atoms with Crippen LogP contribution in [0.4, 0.5) is 11.4 Å². The van der Waals surface area contributed by atoms with Gasteiger partial charge in [0.1, 0.15) is 11.5 Å². The van der Waals surface area contributed by atoms with Crippen molar-refractivity contribution < 1.29 is 14.3 Å². The molecule has 0 spiro atoms. The molecule has 2 unspecified atom stereocenters. The van der Waals surface area contributed by atoms with E-state index >= 15 is 0 Å². The summed E-state index contributed by atoms with van der Waals surface area (Å²) in [5.41, 5.74) is 4.84. The zero-order chi connectivity index (χ0) is 22.4. The van der Waals surface area contributed by atoms with Crippen molar-refractivity contribution in [3.63, 3.8) is 0 Å². The zero-order valence-electron chi connectivity index (χ0n) is 18.2. The minimum Gasteiger partial charge on any atom is -0.442 e. The number of pyridine rings is 2. The first-order valence-electron chi connectivity index (χ1n) is 11.0. The van der Waals surface area contributed by atoms with Gasteiger partial charge in [-0.2, -0.15) is 0 Å². The van der Waals surface area contributed by atoms with E-state index < -0.39 is 6.10 Å². The van der Waals surface area contributed by atoms with E-state index in [1.165, 1.54) is 0 Å². The van der Waals surface area contributed by atoms with Crippen LogP contribution in [-0.4, -0.2) is 46.2 Å². The number of carbonyl (C=O) groups is 1. The van der Waals surface area contributed by atoms with Crippen molar-refractivity contribution in [3.8, 4) is 0 Å². The third-order valence-electron chi connectivity index (χ3n) is 6.63. The Bertz CT molecular complexity index is 1150. The smallest absolute Gasteiger partial charge is 0.274 e. The quantitative estimate of drug-likeness (QED) is 0.354. The Hall–Kier alpha value is -3.01. The van der Waals surface area contributed by atoms with Crippen LogP contribution in [0, 0.1) is 11.8 Å². The summed E-state index contributed by atoms with van der Waals surface area (Å²) in [7, 11) is 0. The summed E-state index contributed by atoms with van der Waals surface area (Å²) in [6, 6.07) is 7.16. The lowest BCUT2D eigenvalue weighted by Gasteiger charge is -2.41. The Morgan fingerprint density at radius 1 is 1.25 bits per heavy atom. The summed E-state index contributed by atoms with van der Waals surface area (Å²) in [6.45, 7) is 5.31. The highest BCUT2D eigenvalue weighted by atomic mass is 16.3. The molecule has 0 bridgehead atoms. The molecule has 0 radical (unpaired) electrons. The van der Waals surface area contributed by atoms with Crippen LogP contribution in [-0.2, 0) is 0 Å². The van der Waals surface area contributed by atoms with Crippen molar-refractivity contribution in [2.24, 2.45) is 17.7 Å². The highest BCUT2D eigenvalue weighted by molar-refractivity contribution is 6.05. The number of piperidine rings is 1. The number of hydrazine groups is 1. The van der Waals surface area contributed by atoms with Crippen molar-refractivity contribution in [2.45, 2.75) is 38.3 Å². The normalized spacial score (nSPS) is 27.5. The Labute approximate surface area is 186 Å². The molecule has 4 heterocycles. The number of nitrogens with one attached hydrogen (secondary N) is 2. The summed E-state index contributed by atoms with van der Waals surface area (Å²) < 4.78 is 5.91. The molecule has 3 aromatic rings. The minimum atomic E-state index is -0.538. The van der Waals surface area contributed by atoms with Gasteiger partial charge >= 0.3 is 0 Å². The molecule has 9 nitrogen and oxygen atoms in total. The molecule has 2 aliphatic rings. The average molecular weight is 437 g/mol. The Morgan fingerprint density at radius 3 is 2.81 bits per heavy atom. The molecule has 1 aliphatic heterocycles. The molecule has 1 saturated heterocycles. The van der Waals surface area contributed by atoms with Crippen LogP contribution in [0.3, 0.4) is 0 Å². The number of carbonyl (C=O) groups excluding carboxylic acids is 1. The van der Waals surface area contributed by atoms with Gasteiger partial charge in [0.15, 0.2) is 0 Å². The summed E-state index contributed by atoms with van der Waals surface area (Å²) >= 11 is 0. The van der Waals surface area contributed by atoms with E-state index in [1.54, 1.807) is 18.5 Å². The van der Waals surface area contributed by atoms with Crippen molar-refractivity contribution in [2.75, 3.05) is 23.3 Å². The van der Waals surface area contributed by atoms with Gasteiger partial charge in [-0.25, -0.2) is 4.98 Å². The van der Waals surface area contributed by atoms with Gasteiger partial charge in [0, 0.05) is 36.5 Å². The topological polar surface area (TPSA) is 130 Å². The van der Waals surface area contributed by atoms with Gasteiger partial charge in [-0.1, -0.05) is 13.8 Å². The van der Waals surface area contributed by atoms with Crippen LogP contribution in [0.25, 0.3) is 11.1 Å². The maximum absolute atomic E-state index is 13.0. The van der Waals surface area contributed by atoms with Crippen molar-refractivity contribution in [1.29, 1.82) is 0 Å². The van der Waals surface area contributed by atoms with E-state index in [9.17, 15) is 9.90 Å². The SMILES string of the molecule is CC1CC1c1cc2ccc(C(=O)Nc3cnccc3N3C[C@H](C)[C@@H](O)[C@H](NN)C3)nc2o1. The second-order valence-electron chi connectivity index (χ2n) is 9.05. The number of amides is 1. The maximum atomic E-state index is 13.0. The van der Waals surface area contributed by atoms with Crippen molar-refractivity contribution >= 4 is 28.4 Å². The molecular formula is C23H28N6O3. The van der Waals surface area contributed by atoms with E-state index in [0.717, 1.165) is 23.3 Å². The van der Waals surface area contributed by atoms with Gasteiger partial charge in [0.05, 0.1) is 29.7 Å². The lowest BCUT2D eigenvalue weighted by molar-refractivity contribution is 0.0643. The number of aliphatic hydroxyl groups is 1. The van der Waals surface area contributed by atoms with Crippen LogP contribution < -0.4 is 21.5 Å². The van der Waals surface area contributed by atoms with Crippen molar-refractivity contribution in [3.05, 3.63) is 48.1 Å². The molecule has 5 N–H and O–H groups in total. The van der Waals surface area contributed by atoms with Crippen molar-refractivity contribution in [1.82, 2.24) is 15.4 Å². The Balaban J connectivity index is 1.37. The summed E-state index contributed by atoms with van der Waals surface area (Å²) in [6.07, 6.45) is 3.89. The fourth-order valence-corrected chi connectivity index (χ4v) is 4.53. The van der Waals surface area contributed by atoms with Gasteiger partial charge in [-0.15, -0.1) is 0 Å². The molecule has 2 fully saturated rings. The van der Waals surface area contributed by atoms with Gasteiger partial charge in [-0.3, -0.25) is 21.0 Å². The number of hydrogen-bond acceptors (Lipinski definition) is 8. The number of aliphatic hydroxyl groups excluding tert-OH is 1. The summed E-state index contributed by atoms with van der Waals surface area (Å²) in [5, 5.41) is 14.2. The second kappa shape index (κ2) is 8.16. The molecule has 3 aromatic heterocycles. The van der Waals surface area contributed by atoms with Crippen LogP contribution in [0.5, 0.6) is 0 Å². The molecule has 1 saturated carbocycles. The molecule has 5 rings (SSSR count). The lowest BCUT2D eigenvalue weighted by atomic mass is 9.92. The van der Waals surface area contributed by atoms with Crippen LogP contribution in [0.1, 0.15) is 42.4 Å². The third kappa shape index (κ3) is 3.83. The molecular weight excluding hydrogens is 408 g/mol. The van der Waals surface area contributed by atoms with Gasteiger partial charge in [0.2, 0.25) is 5.71 Å². The summed E-state index contributed by atoms with van der Waals surface area (Å²) in [4.78, 5) is 23.7. The maximum Gasteiger partial charge on any atom is 0.274 e. The van der Waals surface area contributed by atoms with Gasteiger partial charge < -0.3 is 19.7 Å². The number of nitrogens with zero attached hydrogens (tertiary/aromatic N) is 3. The number of nitrogens with two attached hydrogens (primary N) is 1. The second-order valence-corrected chi connectivity index (χ2v) is 9.05. The van der Waals surface area contributed by atoms with Gasteiger partial charge in [-0.05, 0) is 36.6 Å². The van der Waals surface area contributed by atoms with E-state index in [4.69, 9.17) is 10.3 Å². The van der Waals surface area contributed by atoms with Crippen LogP contribution in [0.15, 0.2) is 41.1 Å². The Kier molecular flexibility index (Phi) is 5.32. The minimum absolute atomic E-state index is 0.00734. The first-order chi connectivity index (χ1) is 15.4. The third-order valence-corrected chi connectivity index (χ3v) is 6.63. The molecule has 5 atom stereocenters. The monoisotopic (exact) mass is 436 g/mol. The summed E-state index contributed by atoms with van der Waals surface area (Å²) in [5.74, 6) is 7.33. The highest BCUT2D eigenvalue weighted by Gasteiger charge is 2.37. The molecule has 0 aromatic carbocycles. The first-order valence-corrected chi connectivity index (χ1v) is 11.0. The fourth-order valence-electron chi connectivity index (χ4n) is 4.53. The van der Waals surface area contributed by atoms with E-state index in [0.29, 0.717) is 36.3 Å². The predicted octanol–water partition coefficient (Wildman–Crippen LogP) is 2.25. The molecule has 32 heavy (non-hydrogen) atoms. The van der Waals surface area contributed by atoms with E-state index in [-0.39, 0.29) is 23.6 Å². The van der Waals surface area contributed by atoms with Crippen LogP contribution >= 0.6 is 0 Å². The fraction of sp³-hybridized carbons (Fsp3) is 0.435. The van der Waals surface area contributed by atoms with Crippen LogP contribution in [0.2, 0.25) is 0 Å². The number of anilines is 2. The molecule has 1 aliphatic carbocycles.